The molecule has 0 saturated carbocycles. The van der Waals surface area contributed by atoms with Gasteiger partial charge in [-0.15, -0.1) is 0 Å². The largest absolute Gasteiger partial charge is 0.368 e. The number of rotatable bonds is 5. The van der Waals surface area contributed by atoms with Crippen LogP contribution >= 0.6 is 0 Å². The Kier molecular flexibility index (Phi) is 5.59. The summed E-state index contributed by atoms with van der Waals surface area (Å²) < 4.78 is 0. The second-order valence-corrected chi connectivity index (χ2v) is 4.95. The van der Waals surface area contributed by atoms with Crippen LogP contribution in [-0.4, -0.2) is 53.8 Å². The molecule has 1 saturated heterocycles. The molecule has 2 N–H and O–H groups in total. The van der Waals surface area contributed by atoms with Gasteiger partial charge in [0.25, 0.3) is 0 Å². The molecule has 104 valence electrons. The van der Waals surface area contributed by atoms with E-state index in [2.05, 4.69) is 13.8 Å². The van der Waals surface area contributed by atoms with Crippen molar-refractivity contribution in [2.45, 2.75) is 39.7 Å². The number of carbonyl (C=O) groups excluding carboxylic acids is 2. The van der Waals surface area contributed by atoms with Crippen molar-refractivity contribution in [3.8, 4) is 0 Å². The summed E-state index contributed by atoms with van der Waals surface area (Å²) >= 11 is 0. The van der Waals surface area contributed by atoms with Gasteiger partial charge in [-0.1, -0.05) is 13.8 Å². The molecule has 5 heteroatoms. The zero-order valence-electron chi connectivity index (χ0n) is 11.7. The summed E-state index contributed by atoms with van der Waals surface area (Å²) in [6.07, 6.45) is 1.79. The molecule has 0 bridgehead atoms. The quantitative estimate of drug-likeness (QED) is 0.775. The Morgan fingerprint density at radius 1 is 1.11 bits per heavy atom. The molecule has 1 rings (SSSR count). The molecule has 1 atom stereocenters. The summed E-state index contributed by atoms with van der Waals surface area (Å²) in [5.74, 6) is 0.103. The van der Waals surface area contributed by atoms with Crippen LogP contribution in [0.25, 0.3) is 0 Å². The number of primary amides is 1. The zero-order valence-corrected chi connectivity index (χ0v) is 11.7. The van der Waals surface area contributed by atoms with Crippen LogP contribution in [0.1, 0.15) is 33.6 Å². The number of hydrogen-bond donors (Lipinski definition) is 1. The lowest BCUT2D eigenvalue weighted by Gasteiger charge is -2.38. The first kappa shape index (κ1) is 15.0. The standard InChI is InChI=1S/C13H25N3O2/c1-4-11(5-2)13(18)16-8-6-15(7-9-16)10(3)12(14)17/h10-11H,4-9H2,1-3H3,(H2,14,17). The summed E-state index contributed by atoms with van der Waals surface area (Å²) in [5, 5.41) is 0. The maximum atomic E-state index is 12.2. The topological polar surface area (TPSA) is 66.6 Å². The van der Waals surface area contributed by atoms with Gasteiger partial charge in [0, 0.05) is 32.1 Å². The van der Waals surface area contributed by atoms with E-state index in [-0.39, 0.29) is 23.8 Å². The highest BCUT2D eigenvalue weighted by molar-refractivity contribution is 5.80. The third-order valence-corrected chi connectivity index (χ3v) is 3.92. The van der Waals surface area contributed by atoms with E-state index in [1.165, 1.54) is 0 Å². The summed E-state index contributed by atoms with van der Waals surface area (Å²) in [6.45, 7) is 8.79. The highest BCUT2D eigenvalue weighted by Gasteiger charge is 2.28. The van der Waals surface area contributed by atoms with Gasteiger partial charge in [-0.25, -0.2) is 0 Å². The molecule has 1 unspecified atom stereocenters. The molecule has 0 aliphatic carbocycles. The van der Waals surface area contributed by atoms with E-state index < -0.39 is 0 Å². The third kappa shape index (κ3) is 3.45. The molecule has 1 fully saturated rings. The normalized spacial score (nSPS) is 19.0. The van der Waals surface area contributed by atoms with Crippen LogP contribution < -0.4 is 5.73 Å². The summed E-state index contributed by atoms with van der Waals surface area (Å²) in [7, 11) is 0. The highest BCUT2D eigenvalue weighted by Crippen LogP contribution is 2.14. The van der Waals surface area contributed by atoms with Crippen molar-refractivity contribution in [2.24, 2.45) is 11.7 Å². The minimum Gasteiger partial charge on any atom is -0.368 e. The highest BCUT2D eigenvalue weighted by atomic mass is 16.2. The van der Waals surface area contributed by atoms with E-state index in [0.717, 1.165) is 25.9 Å². The fourth-order valence-electron chi connectivity index (χ4n) is 2.41. The first-order chi connectivity index (χ1) is 8.51. The summed E-state index contributed by atoms with van der Waals surface area (Å²) in [5.41, 5.74) is 5.29. The Hall–Kier alpha value is -1.10. The third-order valence-electron chi connectivity index (χ3n) is 3.92. The average Bonchev–Trinajstić information content (AvgIpc) is 2.39. The molecule has 1 aliphatic rings. The fraction of sp³-hybridized carbons (Fsp3) is 0.846. The Balaban J connectivity index is 2.48. The number of nitrogens with two attached hydrogens (primary N) is 1. The van der Waals surface area contributed by atoms with E-state index in [0.29, 0.717) is 13.1 Å². The van der Waals surface area contributed by atoms with Crippen molar-refractivity contribution >= 4 is 11.8 Å². The van der Waals surface area contributed by atoms with Crippen LogP contribution in [-0.2, 0) is 9.59 Å². The summed E-state index contributed by atoms with van der Waals surface area (Å²) in [6, 6.07) is -0.240. The lowest BCUT2D eigenvalue weighted by atomic mass is 10.0. The maximum Gasteiger partial charge on any atom is 0.234 e. The Morgan fingerprint density at radius 3 is 2.00 bits per heavy atom. The SMILES string of the molecule is CCC(CC)C(=O)N1CCN(C(C)C(N)=O)CC1. The monoisotopic (exact) mass is 255 g/mol. The number of carbonyl (C=O) groups is 2. The van der Waals surface area contributed by atoms with Crippen LogP contribution in [0.4, 0.5) is 0 Å². The van der Waals surface area contributed by atoms with Crippen molar-refractivity contribution in [1.82, 2.24) is 9.80 Å². The van der Waals surface area contributed by atoms with Gasteiger partial charge in [-0.2, -0.15) is 0 Å². The molecule has 0 aromatic heterocycles. The fourth-order valence-corrected chi connectivity index (χ4v) is 2.41. The summed E-state index contributed by atoms with van der Waals surface area (Å²) in [4.78, 5) is 27.3. The van der Waals surface area contributed by atoms with Gasteiger partial charge >= 0.3 is 0 Å². The molecule has 0 radical (unpaired) electrons. The van der Waals surface area contributed by atoms with Crippen LogP contribution in [0.2, 0.25) is 0 Å². The van der Waals surface area contributed by atoms with Crippen molar-refractivity contribution in [1.29, 1.82) is 0 Å². The van der Waals surface area contributed by atoms with Crippen molar-refractivity contribution in [3.63, 3.8) is 0 Å². The maximum absolute atomic E-state index is 12.2. The minimum absolute atomic E-state index is 0.144. The number of nitrogens with zero attached hydrogens (tertiary/aromatic N) is 2. The lowest BCUT2D eigenvalue weighted by molar-refractivity contribution is -0.138. The van der Waals surface area contributed by atoms with Crippen molar-refractivity contribution < 1.29 is 9.59 Å². The van der Waals surface area contributed by atoms with Crippen LogP contribution in [0.5, 0.6) is 0 Å². The van der Waals surface area contributed by atoms with Gasteiger partial charge in [-0.05, 0) is 19.8 Å². The van der Waals surface area contributed by atoms with E-state index >= 15 is 0 Å². The molecule has 0 aromatic carbocycles. The second-order valence-electron chi connectivity index (χ2n) is 4.95. The smallest absolute Gasteiger partial charge is 0.234 e. The van der Waals surface area contributed by atoms with E-state index in [1.807, 2.05) is 16.7 Å². The number of piperazine rings is 1. The van der Waals surface area contributed by atoms with Crippen LogP contribution in [0, 0.1) is 5.92 Å². The Labute approximate surface area is 109 Å². The van der Waals surface area contributed by atoms with Gasteiger partial charge in [0.05, 0.1) is 6.04 Å². The Bertz CT molecular complexity index is 295. The molecule has 0 spiro atoms. The van der Waals surface area contributed by atoms with Gasteiger partial charge in [0.15, 0.2) is 0 Å². The first-order valence-corrected chi connectivity index (χ1v) is 6.83. The molecular formula is C13H25N3O2. The van der Waals surface area contributed by atoms with Crippen LogP contribution in [0.3, 0.4) is 0 Å². The van der Waals surface area contributed by atoms with Gasteiger partial charge in [0.2, 0.25) is 11.8 Å². The van der Waals surface area contributed by atoms with Gasteiger partial charge < -0.3 is 10.6 Å². The molecule has 0 aromatic rings. The van der Waals surface area contributed by atoms with E-state index in [1.54, 1.807) is 0 Å². The van der Waals surface area contributed by atoms with Crippen LogP contribution in [0.15, 0.2) is 0 Å². The zero-order chi connectivity index (χ0) is 13.7. The molecule has 2 amide bonds. The van der Waals surface area contributed by atoms with Crippen molar-refractivity contribution in [2.75, 3.05) is 26.2 Å². The van der Waals surface area contributed by atoms with Gasteiger partial charge in [-0.3, -0.25) is 14.5 Å². The number of amides is 2. The molecule has 5 nitrogen and oxygen atoms in total. The second kappa shape index (κ2) is 6.73. The average molecular weight is 255 g/mol. The molecular weight excluding hydrogens is 230 g/mol. The van der Waals surface area contributed by atoms with E-state index in [9.17, 15) is 9.59 Å². The first-order valence-electron chi connectivity index (χ1n) is 6.83. The minimum atomic E-state index is -0.297. The number of hydrogen-bond acceptors (Lipinski definition) is 3. The predicted octanol–water partition coefficient (Wildman–Crippen LogP) is 0.441. The molecule has 1 heterocycles. The molecule has 18 heavy (non-hydrogen) atoms. The predicted molar refractivity (Wildman–Crippen MR) is 70.9 cm³/mol. The van der Waals surface area contributed by atoms with Crippen molar-refractivity contribution in [3.05, 3.63) is 0 Å². The molecule has 1 aliphatic heterocycles. The lowest BCUT2D eigenvalue weighted by Crippen LogP contribution is -2.55. The van der Waals surface area contributed by atoms with Gasteiger partial charge in [0.1, 0.15) is 0 Å². The van der Waals surface area contributed by atoms with E-state index in [4.69, 9.17) is 5.73 Å². The Morgan fingerprint density at radius 2 is 1.61 bits per heavy atom.